The quantitative estimate of drug-likeness (QED) is 0.0625. The number of ether oxygens (including phenoxy) is 1. The topological polar surface area (TPSA) is 154 Å². The summed E-state index contributed by atoms with van der Waals surface area (Å²) in [6.07, 6.45) is 26.2. The first kappa shape index (κ1) is 50.8. The van der Waals surface area contributed by atoms with Gasteiger partial charge in [0.25, 0.3) is 0 Å². The molecule has 0 aliphatic heterocycles. The molecule has 7 nitrogen and oxygen atoms in total. The zero-order valence-electron chi connectivity index (χ0n) is 37.5. The van der Waals surface area contributed by atoms with Gasteiger partial charge in [0.05, 0.1) is 0 Å². The summed E-state index contributed by atoms with van der Waals surface area (Å²) in [5, 5.41) is 0. The van der Waals surface area contributed by atoms with Gasteiger partial charge in [0.2, 0.25) is 0 Å². The lowest BCUT2D eigenvalue weighted by atomic mass is 9.95. The minimum Gasteiger partial charge on any atom is -0.456 e. The van der Waals surface area contributed by atoms with Crippen LogP contribution < -0.4 is 17.0 Å². The van der Waals surface area contributed by atoms with Gasteiger partial charge in [-0.1, -0.05) is 267 Å². The second-order valence-corrected chi connectivity index (χ2v) is 15.9. The molecule has 0 fully saturated rings. The highest BCUT2D eigenvalue weighted by molar-refractivity contribution is 7.79. The van der Waals surface area contributed by atoms with Crippen molar-refractivity contribution < 1.29 is 22.3 Å². The summed E-state index contributed by atoms with van der Waals surface area (Å²) >= 11 is 0. The van der Waals surface area contributed by atoms with E-state index in [9.17, 15) is 0 Å². The first-order valence-electron chi connectivity index (χ1n) is 21.4. The van der Waals surface area contributed by atoms with Crippen molar-refractivity contribution in [2.75, 3.05) is 0 Å². The molecule has 8 rings (SSSR count). The summed E-state index contributed by atoms with van der Waals surface area (Å²) in [6.45, 7) is 0. The Morgan fingerprint density at radius 2 is 0.485 bits per heavy atom. The molecule has 0 bridgehead atoms. The molecule has 0 saturated carbocycles. The molecule has 8 N–H and O–H groups in total. The third-order valence-electron chi connectivity index (χ3n) is 10.3. The summed E-state index contributed by atoms with van der Waals surface area (Å²) in [7, 11) is -4.67. The van der Waals surface area contributed by atoms with Gasteiger partial charge in [-0.25, -0.2) is 0 Å². The van der Waals surface area contributed by atoms with Gasteiger partial charge in [0.15, 0.2) is 0 Å². The Kier molecular flexibility index (Phi) is 19.5. The number of benzene rings is 8. The van der Waals surface area contributed by atoms with E-state index in [1.165, 1.54) is 0 Å². The Morgan fingerprint density at radius 3 is 0.721 bits per heavy atom. The van der Waals surface area contributed by atoms with Crippen LogP contribution >= 0.6 is 0 Å². The van der Waals surface area contributed by atoms with E-state index in [4.69, 9.17) is 22.3 Å². The molecular formula is C60H54N2O5S. The molecular weight excluding hydrogens is 861 g/mol. The molecule has 340 valence electrons. The molecule has 8 heteroatoms. The van der Waals surface area contributed by atoms with Gasteiger partial charge >= 0.3 is 10.4 Å². The fourth-order valence-electron chi connectivity index (χ4n) is 7.04. The second kappa shape index (κ2) is 26.1. The van der Waals surface area contributed by atoms with Crippen LogP contribution in [0.3, 0.4) is 0 Å². The maximum Gasteiger partial charge on any atom is 0.394 e. The van der Waals surface area contributed by atoms with Crippen LogP contribution in [0.1, 0.15) is 66.8 Å². The molecule has 0 radical (unpaired) electrons. The van der Waals surface area contributed by atoms with Gasteiger partial charge < -0.3 is 17.0 Å². The van der Waals surface area contributed by atoms with Crippen molar-refractivity contribution in [2.45, 2.75) is 0 Å². The minimum atomic E-state index is -4.67. The fraction of sp³-hybridized carbons (Fsp3) is 0. The molecule has 0 unspecified atom stereocenters. The van der Waals surface area contributed by atoms with Gasteiger partial charge in [-0.15, -0.1) is 0 Å². The highest BCUT2D eigenvalue weighted by Gasteiger charge is 2.16. The van der Waals surface area contributed by atoms with Crippen LogP contribution in [0.15, 0.2) is 206 Å². The van der Waals surface area contributed by atoms with Crippen LogP contribution in [0.2, 0.25) is 0 Å². The summed E-state index contributed by atoms with van der Waals surface area (Å²) in [5.74, 6) is 1.49. The fourth-order valence-corrected chi connectivity index (χ4v) is 7.04. The lowest BCUT2D eigenvalue weighted by Crippen LogP contribution is -1.97. The van der Waals surface area contributed by atoms with Crippen LogP contribution in [0.4, 0.5) is 0 Å². The lowest BCUT2D eigenvalue weighted by Gasteiger charge is -2.18. The second-order valence-electron chi connectivity index (χ2n) is 15.0. The van der Waals surface area contributed by atoms with E-state index in [1.807, 2.05) is 36.4 Å². The zero-order valence-corrected chi connectivity index (χ0v) is 38.3. The van der Waals surface area contributed by atoms with Gasteiger partial charge in [0, 0.05) is 11.1 Å². The molecule has 8 aromatic carbocycles. The summed E-state index contributed by atoms with van der Waals surface area (Å²) < 4.78 is 38.8. The van der Waals surface area contributed by atoms with E-state index in [0.29, 0.717) is 0 Å². The van der Waals surface area contributed by atoms with E-state index in [0.717, 1.165) is 78.3 Å². The Morgan fingerprint density at radius 1 is 0.279 bits per heavy atom. The molecule has 0 aliphatic carbocycles. The molecule has 0 aromatic heterocycles. The van der Waals surface area contributed by atoms with Crippen LogP contribution in [0, 0.1) is 0 Å². The van der Waals surface area contributed by atoms with E-state index in [2.05, 4.69) is 243 Å². The first-order valence-corrected chi connectivity index (χ1v) is 22.8. The average Bonchev–Trinajstić information content (AvgIpc) is 3.35. The molecule has 0 aliphatic rings. The summed E-state index contributed by atoms with van der Waals surface area (Å²) in [5.41, 5.74) is 12.9. The van der Waals surface area contributed by atoms with Crippen molar-refractivity contribution in [1.29, 1.82) is 0 Å². The van der Waals surface area contributed by atoms with Crippen molar-refractivity contribution in [2.24, 2.45) is 0 Å². The average molecular weight is 915 g/mol. The van der Waals surface area contributed by atoms with Crippen LogP contribution in [-0.2, 0) is 10.4 Å². The Balaban J connectivity index is 0.00000117. The van der Waals surface area contributed by atoms with Crippen molar-refractivity contribution in [1.82, 2.24) is 12.3 Å². The normalized spacial score (nSPS) is 11.5. The predicted molar refractivity (Wildman–Crippen MR) is 289 cm³/mol. The maximum absolute atomic E-state index is 8.74. The van der Waals surface area contributed by atoms with Crippen molar-refractivity contribution in [3.8, 4) is 11.5 Å². The van der Waals surface area contributed by atoms with Crippen molar-refractivity contribution in [3.05, 3.63) is 273 Å². The molecule has 0 spiro atoms. The van der Waals surface area contributed by atoms with Gasteiger partial charge in [-0.2, -0.15) is 8.42 Å². The number of hydrogen-bond acceptors (Lipinski definition) is 5. The maximum atomic E-state index is 8.74. The molecule has 0 saturated heterocycles. The Hall–Kier alpha value is -8.21. The highest BCUT2D eigenvalue weighted by Crippen LogP contribution is 2.38. The van der Waals surface area contributed by atoms with E-state index in [1.54, 1.807) is 0 Å². The van der Waals surface area contributed by atoms with E-state index < -0.39 is 10.4 Å². The van der Waals surface area contributed by atoms with E-state index in [-0.39, 0.29) is 12.3 Å². The van der Waals surface area contributed by atoms with Gasteiger partial charge in [-0.3, -0.25) is 9.11 Å². The summed E-state index contributed by atoms with van der Waals surface area (Å²) in [4.78, 5) is 0. The zero-order chi connectivity index (χ0) is 45.8. The van der Waals surface area contributed by atoms with Crippen molar-refractivity contribution in [3.63, 3.8) is 0 Å². The van der Waals surface area contributed by atoms with Crippen LogP contribution in [0.25, 0.3) is 72.9 Å². The monoisotopic (exact) mass is 914 g/mol. The Labute approximate surface area is 400 Å². The minimum absolute atomic E-state index is 0. The molecule has 0 heterocycles. The van der Waals surface area contributed by atoms with Gasteiger partial charge in [0.1, 0.15) is 11.5 Å². The highest BCUT2D eigenvalue weighted by atomic mass is 32.3. The largest absolute Gasteiger partial charge is 0.456 e. The van der Waals surface area contributed by atoms with E-state index >= 15 is 0 Å². The van der Waals surface area contributed by atoms with Crippen molar-refractivity contribution >= 4 is 83.3 Å². The first-order chi connectivity index (χ1) is 32.2. The van der Waals surface area contributed by atoms with Crippen LogP contribution in [-0.4, -0.2) is 17.5 Å². The third-order valence-corrected chi connectivity index (χ3v) is 10.3. The summed E-state index contributed by atoms with van der Waals surface area (Å²) in [6, 6.07) is 71.0. The third kappa shape index (κ3) is 16.0. The smallest absolute Gasteiger partial charge is 0.394 e. The molecule has 0 amide bonds. The number of rotatable bonds is 14. The molecule has 0 atom stereocenters. The SMILES string of the molecule is C(=Cc1ccc(Oc2ccc(C=Cc3ccccc3)c(C=Cc3ccccc3)c2C=Cc2ccccc2)c(C=Cc2ccccc2)c1C=Cc1ccccc1)c1ccccc1.N.N.O=S(=O)(O)O. The predicted octanol–water partition coefficient (Wildman–Crippen LogP) is 16.2. The lowest BCUT2D eigenvalue weighted by molar-refractivity contribution is 0.381. The number of hydrogen-bond donors (Lipinski definition) is 4. The van der Waals surface area contributed by atoms with Crippen LogP contribution in [0.5, 0.6) is 11.5 Å². The van der Waals surface area contributed by atoms with Gasteiger partial charge in [-0.05, 0) is 67.8 Å². The standard InChI is InChI=1S/C60H46O.2H3N.H2O4S/c1-7-19-47(20-8-1)31-37-53-39-45-59(57(43-35-51-27-15-5-16-28-51)55(53)41-33-49-23-11-3-12-24-49)61-60-46-40-54(38-32-48-21-9-2-10-22-48)56(42-34-50-25-13-4-14-26-50)58(60)44-36-52-29-17-6-18-30-52;;;1-5(2,3)4/h1-46H;2*1H3;(H2,1,2,3,4). The molecule has 8 aromatic rings. The molecule has 68 heavy (non-hydrogen) atoms. The Bertz CT molecular complexity index is 2890.